The Kier molecular flexibility index (Phi) is 6.82. The molecule has 0 saturated carbocycles. The molecule has 0 aliphatic heterocycles. The first-order valence-corrected chi connectivity index (χ1v) is 8.89. The standard InChI is InChI=1S/C18H22N2O4S/c1-4-13-10-16(25-12(13)3)18(22)20-19-17(21)11-24-15-9-7-6-8-14(15)23-5-2/h6-10H,4-5,11H2,1-3H3,(H,19,21)(H,20,22). The fourth-order valence-electron chi connectivity index (χ4n) is 2.19. The number of para-hydroxylation sites is 2. The molecular formula is C18H22N2O4S. The zero-order chi connectivity index (χ0) is 18.2. The SMILES string of the molecule is CCOc1ccccc1OCC(=O)NNC(=O)c1cc(CC)c(C)s1. The molecule has 0 aliphatic rings. The van der Waals surface area contributed by atoms with Gasteiger partial charge >= 0.3 is 0 Å². The molecule has 0 spiro atoms. The monoisotopic (exact) mass is 362 g/mol. The largest absolute Gasteiger partial charge is 0.490 e. The lowest BCUT2D eigenvalue weighted by molar-refractivity contribution is -0.123. The first kappa shape index (κ1) is 18.8. The number of carbonyl (C=O) groups is 2. The predicted octanol–water partition coefficient (Wildman–Crippen LogP) is 2.86. The fourth-order valence-corrected chi connectivity index (χ4v) is 3.20. The smallest absolute Gasteiger partial charge is 0.279 e. The first-order chi connectivity index (χ1) is 12.0. The van der Waals surface area contributed by atoms with Gasteiger partial charge in [0.2, 0.25) is 0 Å². The molecule has 1 aromatic carbocycles. The van der Waals surface area contributed by atoms with E-state index in [1.54, 1.807) is 18.2 Å². The van der Waals surface area contributed by atoms with E-state index in [-0.39, 0.29) is 12.5 Å². The third-order valence-corrected chi connectivity index (χ3v) is 4.54. The van der Waals surface area contributed by atoms with E-state index in [2.05, 4.69) is 10.9 Å². The molecule has 2 rings (SSSR count). The summed E-state index contributed by atoms with van der Waals surface area (Å²) >= 11 is 1.41. The van der Waals surface area contributed by atoms with Crippen LogP contribution in [-0.4, -0.2) is 25.0 Å². The summed E-state index contributed by atoms with van der Waals surface area (Å²) in [6, 6.07) is 8.95. The van der Waals surface area contributed by atoms with E-state index in [9.17, 15) is 9.59 Å². The third kappa shape index (κ3) is 5.22. The van der Waals surface area contributed by atoms with Crippen molar-refractivity contribution in [2.75, 3.05) is 13.2 Å². The average molecular weight is 362 g/mol. The number of carbonyl (C=O) groups excluding carboxylic acids is 2. The number of hydrazine groups is 1. The third-order valence-electron chi connectivity index (χ3n) is 3.45. The highest BCUT2D eigenvalue weighted by Gasteiger charge is 2.13. The van der Waals surface area contributed by atoms with Crippen LogP contribution >= 0.6 is 11.3 Å². The van der Waals surface area contributed by atoms with E-state index in [1.165, 1.54) is 11.3 Å². The van der Waals surface area contributed by atoms with E-state index < -0.39 is 5.91 Å². The molecule has 0 aliphatic carbocycles. The summed E-state index contributed by atoms with van der Waals surface area (Å²) in [5, 5.41) is 0. The van der Waals surface area contributed by atoms with E-state index in [0.717, 1.165) is 16.9 Å². The van der Waals surface area contributed by atoms with E-state index >= 15 is 0 Å². The summed E-state index contributed by atoms with van der Waals surface area (Å²) in [6.45, 7) is 6.16. The molecule has 2 amide bonds. The summed E-state index contributed by atoms with van der Waals surface area (Å²) in [5.41, 5.74) is 5.89. The summed E-state index contributed by atoms with van der Waals surface area (Å²) in [7, 11) is 0. The Bertz CT molecular complexity index is 742. The van der Waals surface area contributed by atoms with Gasteiger partial charge in [-0.15, -0.1) is 11.3 Å². The topological polar surface area (TPSA) is 76.7 Å². The van der Waals surface area contributed by atoms with Crippen LogP contribution in [0.1, 0.15) is 34.0 Å². The highest BCUT2D eigenvalue weighted by atomic mass is 32.1. The second kappa shape index (κ2) is 9.08. The first-order valence-electron chi connectivity index (χ1n) is 8.08. The van der Waals surface area contributed by atoms with Crippen molar-refractivity contribution in [3.8, 4) is 11.5 Å². The molecule has 0 atom stereocenters. The van der Waals surface area contributed by atoms with E-state index in [1.807, 2.05) is 32.9 Å². The Hall–Kier alpha value is -2.54. The van der Waals surface area contributed by atoms with Crippen LogP contribution in [0, 0.1) is 6.92 Å². The van der Waals surface area contributed by atoms with Crippen molar-refractivity contribution in [3.63, 3.8) is 0 Å². The molecule has 0 bridgehead atoms. The summed E-state index contributed by atoms with van der Waals surface area (Å²) in [4.78, 5) is 25.6. The molecule has 0 unspecified atom stereocenters. The summed E-state index contributed by atoms with van der Waals surface area (Å²) in [5.74, 6) is 0.259. The normalized spacial score (nSPS) is 10.2. The highest BCUT2D eigenvalue weighted by molar-refractivity contribution is 7.14. The predicted molar refractivity (Wildman–Crippen MR) is 97.1 cm³/mol. The van der Waals surface area contributed by atoms with Gasteiger partial charge in [-0.1, -0.05) is 19.1 Å². The van der Waals surface area contributed by atoms with Crippen LogP contribution in [0.4, 0.5) is 0 Å². The number of thiophene rings is 1. The molecule has 134 valence electrons. The van der Waals surface area contributed by atoms with Gasteiger partial charge in [-0.25, -0.2) is 0 Å². The average Bonchev–Trinajstić information content (AvgIpc) is 3.00. The van der Waals surface area contributed by atoms with Crippen LogP contribution in [0.2, 0.25) is 0 Å². The zero-order valence-electron chi connectivity index (χ0n) is 14.5. The van der Waals surface area contributed by atoms with Crippen molar-refractivity contribution < 1.29 is 19.1 Å². The summed E-state index contributed by atoms with van der Waals surface area (Å²) in [6.07, 6.45) is 0.870. The molecule has 1 aromatic heterocycles. The van der Waals surface area contributed by atoms with Gasteiger partial charge in [0.25, 0.3) is 11.8 Å². The molecule has 7 heteroatoms. The van der Waals surface area contributed by atoms with Gasteiger partial charge in [-0.2, -0.15) is 0 Å². The number of hydrogen-bond acceptors (Lipinski definition) is 5. The van der Waals surface area contributed by atoms with Crippen LogP contribution < -0.4 is 20.3 Å². The maximum Gasteiger partial charge on any atom is 0.279 e. The second-order valence-corrected chi connectivity index (χ2v) is 6.47. The van der Waals surface area contributed by atoms with Gasteiger partial charge in [0.15, 0.2) is 18.1 Å². The molecule has 2 aromatic rings. The second-order valence-electron chi connectivity index (χ2n) is 5.22. The quantitative estimate of drug-likeness (QED) is 0.743. The van der Waals surface area contributed by atoms with Crippen LogP contribution in [0.15, 0.2) is 30.3 Å². The maximum atomic E-state index is 12.1. The molecule has 1 heterocycles. The van der Waals surface area contributed by atoms with Crippen LogP contribution in [0.5, 0.6) is 11.5 Å². The number of rotatable bonds is 7. The minimum Gasteiger partial charge on any atom is -0.490 e. The van der Waals surface area contributed by atoms with Crippen molar-refractivity contribution >= 4 is 23.2 Å². The molecule has 0 radical (unpaired) electrons. The number of ether oxygens (including phenoxy) is 2. The molecular weight excluding hydrogens is 340 g/mol. The molecule has 0 fully saturated rings. The van der Waals surface area contributed by atoms with E-state index in [0.29, 0.717) is 23.0 Å². The fraction of sp³-hybridized carbons (Fsp3) is 0.333. The molecule has 25 heavy (non-hydrogen) atoms. The van der Waals surface area contributed by atoms with Gasteiger partial charge < -0.3 is 9.47 Å². The molecule has 2 N–H and O–H groups in total. The Morgan fingerprint density at radius 3 is 2.36 bits per heavy atom. The lowest BCUT2D eigenvalue weighted by Crippen LogP contribution is -2.43. The van der Waals surface area contributed by atoms with Crippen molar-refractivity contribution in [2.24, 2.45) is 0 Å². The number of amides is 2. The number of hydrogen-bond donors (Lipinski definition) is 2. The van der Waals surface area contributed by atoms with Crippen molar-refractivity contribution in [1.29, 1.82) is 0 Å². The minimum atomic E-state index is -0.455. The van der Waals surface area contributed by atoms with Crippen LogP contribution in [0.3, 0.4) is 0 Å². The Morgan fingerprint density at radius 1 is 1.08 bits per heavy atom. The number of nitrogens with one attached hydrogen (secondary N) is 2. The van der Waals surface area contributed by atoms with Gasteiger partial charge in [0.1, 0.15) is 0 Å². The Balaban J connectivity index is 1.83. The van der Waals surface area contributed by atoms with E-state index in [4.69, 9.17) is 9.47 Å². The lowest BCUT2D eigenvalue weighted by atomic mass is 10.2. The highest BCUT2D eigenvalue weighted by Crippen LogP contribution is 2.26. The van der Waals surface area contributed by atoms with Crippen molar-refractivity contribution in [2.45, 2.75) is 27.2 Å². The van der Waals surface area contributed by atoms with Crippen LogP contribution in [-0.2, 0) is 11.2 Å². The van der Waals surface area contributed by atoms with Gasteiger partial charge in [-0.3, -0.25) is 20.4 Å². The minimum absolute atomic E-state index is 0.228. The Labute approximate surface area is 151 Å². The molecule has 6 nitrogen and oxygen atoms in total. The van der Waals surface area contributed by atoms with Gasteiger partial charge in [0.05, 0.1) is 11.5 Å². The summed E-state index contributed by atoms with van der Waals surface area (Å²) < 4.78 is 10.9. The number of benzene rings is 1. The van der Waals surface area contributed by atoms with Crippen molar-refractivity contribution in [3.05, 3.63) is 45.6 Å². The number of aryl methyl sites for hydroxylation is 2. The Morgan fingerprint density at radius 2 is 1.76 bits per heavy atom. The molecule has 0 saturated heterocycles. The van der Waals surface area contributed by atoms with Crippen LogP contribution in [0.25, 0.3) is 0 Å². The zero-order valence-corrected chi connectivity index (χ0v) is 15.4. The van der Waals surface area contributed by atoms with Gasteiger partial charge in [0, 0.05) is 4.88 Å². The maximum absolute atomic E-state index is 12.1. The lowest BCUT2D eigenvalue weighted by Gasteiger charge is -2.11. The van der Waals surface area contributed by atoms with Gasteiger partial charge in [-0.05, 0) is 44.0 Å². The van der Waals surface area contributed by atoms with Crippen molar-refractivity contribution in [1.82, 2.24) is 10.9 Å².